The Hall–Kier alpha value is -2.66. The first-order valence-corrected chi connectivity index (χ1v) is 7.75. The molecule has 0 amide bonds. The predicted molar refractivity (Wildman–Crippen MR) is 78.6 cm³/mol. The van der Waals surface area contributed by atoms with Crippen LogP contribution in [0, 0.1) is 0 Å². The summed E-state index contributed by atoms with van der Waals surface area (Å²) in [5, 5.41) is 0. The second-order valence-electron chi connectivity index (χ2n) is 5.61. The molecule has 0 aliphatic carbocycles. The summed E-state index contributed by atoms with van der Waals surface area (Å²) in [5.41, 5.74) is 0. The van der Waals surface area contributed by atoms with Gasteiger partial charge >= 0.3 is 24.3 Å². The fourth-order valence-corrected chi connectivity index (χ4v) is 1.97. The van der Waals surface area contributed by atoms with Crippen LogP contribution in [0.15, 0.2) is 24.3 Å². The first-order chi connectivity index (χ1) is 12.8. The van der Waals surface area contributed by atoms with Gasteiger partial charge in [0.15, 0.2) is 23.8 Å². The maximum absolute atomic E-state index is 12.9. The Bertz CT molecular complexity index is 618. The number of allylic oxidation sites excluding steroid dienone is 2. The lowest BCUT2D eigenvalue weighted by Gasteiger charge is -2.20. The Morgan fingerprint density at radius 3 is 1.25 bits per heavy atom. The van der Waals surface area contributed by atoms with Crippen molar-refractivity contribution in [2.45, 2.75) is 50.2 Å². The van der Waals surface area contributed by atoms with Gasteiger partial charge in [-0.25, -0.2) is 9.59 Å². The van der Waals surface area contributed by atoms with Gasteiger partial charge in [-0.2, -0.15) is 26.3 Å². The molecule has 6 nitrogen and oxygen atoms in total. The maximum atomic E-state index is 12.9. The molecule has 0 bridgehead atoms. The lowest BCUT2D eigenvalue weighted by Crippen LogP contribution is -2.34. The molecule has 1 aliphatic rings. The summed E-state index contributed by atoms with van der Waals surface area (Å²) in [6.07, 6.45) is -17.3. The smallest absolute Gasteiger partial charge is 0.425 e. The van der Waals surface area contributed by atoms with Gasteiger partial charge in [0, 0.05) is 37.8 Å². The molecule has 1 heterocycles. The molecular formula is C16H14F6O6. The van der Waals surface area contributed by atoms with Gasteiger partial charge in [-0.05, 0) is 12.2 Å². The average molecular weight is 416 g/mol. The highest BCUT2D eigenvalue weighted by Gasteiger charge is 2.43. The van der Waals surface area contributed by atoms with Gasteiger partial charge in [0.05, 0.1) is 0 Å². The zero-order valence-electron chi connectivity index (χ0n) is 14.0. The van der Waals surface area contributed by atoms with Gasteiger partial charge in [-0.15, -0.1) is 0 Å². The van der Waals surface area contributed by atoms with Crippen LogP contribution in [0.1, 0.15) is 25.7 Å². The lowest BCUT2D eigenvalue weighted by atomic mass is 10.1. The molecule has 156 valence electrons. The van der Waals surface area contributed by atoms with Gasteiger partial charge in [-0.1, -0.05) is 0 Å². The van der Waals surface area contributed by atoms with Crippen LogP contribution in [0.2, 0.25) is 0 Å². The number of hydrogen-bond donors (Lipinski definition) is 0. The molecule has 1 rings (SSSR count). The van der Waals surface area contributed by atoms with Crippen LogP contribution in [0.4, 0.5) is 26.3 Å². The van der Waals surface area contributed by atoms with E-state index in [2.05, 4.69) is 9.47 Å². The Labute approximate surface area is 154 Å². The molecule has 2 unspecified atom stereocenters. The van der Waals surface area contributed by atoms with Crippen molar-refractivity contribution >= 4 is 23.5 Å². The monoisotopic (exact) mass is 416 g/mol. The molecule has 0 aromatic rings. The topological polar surface area (TPSA) is 86.7 Å². The standard InChI is InChI=1S/C16H14F6O6/c17-15(18,19)11-5-1-9(23)3-7-13(25)28-12(16(20,21)22)6-2-10(24)4-8-14(26)27-11/h3-4,7-8,11-12H,1-2,5-6H2/b7-3+,8-4+. The molecule has 0 aromatic carbocycles. The summed E-state index contributed by atoms with van der Waals surface area (Å²) >= 11 is 0. The van der Waals surface area contributed by atoms with E-state index in [0.717, 1.165) is 0 Å². The normalized spacial score (nSPS) is 26.4. The van der Waals surface area contributed by atoms with Crippen LogP contribution in [0.5, 0.6) is 0 Å². The number of halogens is 6. The van der Waals surface area contributed by atoms with E-state index in [1.54, 1.807) is 0 Å². The summed E-state index contributed by atoms with van der Waals surface area (Å²) in [5.74, 6) is -5.15. The maximum Gasteiger partial charge on any atom is 0.425 e. The molecule has 0 saturated carbocycles. The summed E-state index contributed by atoms with van der Waals surface area (Å²) in [7, 11) is 0. The number of hydrogen-bond acceptors (Lipinski definition) is 6. The zero-order valence-corrected chi connectivity index (χ0v) is 14.0. The lowest BCUT2D eigenvalue weighted by molar-refractivity contribution is -0.220. The number of esters is 2. The van der Waals surface area contributed by atoms with Crippen LogP contribution in [-0.2, 0) is 28.7 Å². The summed E-state index contributed by atoms with van der Waals surface area (Å²) < 4.78 is 85.4. The molecule has 28 heavy (non-hydrogen) atoms. The van der Waals surface area contributed by atoms with E-state index in [1.165, 1.54) is 0 Å². The number of carbonyl (C=O) groups excluding carboxylic acids is 4. The van der Waals surface area contributed by atoms with Gasteiger partial charge in [0.1, 0.15) is 0 Å². The van der Waals surface area contributed by atoms with Crippen molar-refractivity contribution in [3.05, 3.63) is 24.3 Å². The van der Waals surface area contributed by atoms with Crippen molar-refractivity contribution < 1.29 is 55.0 Å². The van der Waals surface area contributed by atoms with Crippen LogP contribution in [-0.4, -0.2) is 48.1 Å². The first-order valence-electron chi connectivity index (χ1n) is 7.75. The Balaban J connectivity index is 3.05. The highest BCUT2D eigenvalue weighted by atomic mass is 19.4. The zero-order chi connectivity index (χ0) is 21.5. The minimum atomic E-state index is -5.00. The second-order valence-corrected chi connectivity index (χ2v) is 5.61. The highest BCUT2D eigenvalue weighted by Crippen LogP contribution is 2.28. The fourth-order valence-electron chi connectivity index (χ4n) is 1.97. The molecular weight excluding hydrogens is 402 g/mol. The van der Waals surface area contributed by atoms with E-state index >= 15 is 0 Å². The second kappa shape index (κ2) is 9.51. The molecule has 0 fully saturated rings. The van der Waals surface area contributed by atoms with Crippen molar-refractivity contribution in [1.82, 2.24) is 0 Å². The Morgan fingerprint density at radius 1 is 0.643 bits per heavy atom. The van der Waals surface area contributed by atoms with Gasteiger partial charge in [0.2, 0.25) is 0 Å². The summed E-state index contributed by atoms with van der Waals surface area (Å²) in [6, 6.07) is 0. The van der Waals surface area contributed by atoms with Crippen LogP contribution >= 0.6 is 0 Å². The molecule has 0 aromatic heterocycles. The molecule has 0 spiro atoms. The van der Waals surface area contributed by atoms with E-state index in [0.29, 0.717) is 24.3 Å². The number of rotatable bonds is 0. The van der Waals surface area contributed by atoms with Crippen molar-refractivity contribution in [2.75, 3.05) is 0 Å². The van der Waals surface area contributed by atoms with E-state index in [4.69, 9.17) is 0 Å². The molecule has 0 saturated heterocycles. The third-order valence-electron chi connectivity index (χ3n) is 3.36. The molecule has 2 atom stereocenters. The number of carbonyl (C=O) groups is 4. The highest BCUT2D eigenvalue weighted by molar-refractivity contribution is 5.97. The summed E-state index contributed by atoms with van der Waals surface area (Å²) in [4.78, 5) is 45.9. The minimum Gasteiger partial charge on any atom is -0.450 e. The first kappa shape index (κ1) is 23.4. The van der Waals surface area contributed by atoms with Crippen LogP contribution in [0.3, 0.4) is 0 Å². The minimum absolute atomic E-state index is 0.337. The molecule has 0 radical (unpaired) electrons. The molecule has 12 heteroatoms. The van der Waals surface area contributed by atoms with E-state index in [9.17, 15) is 45.5 Å². The number of alkyl halides is 6. The van der Waals surface area contributed by atoms with Gasteiger partial charge in [-0.3, -0.25) is 9.59 Å². The third kappa shape index (κ3) is 8.35. The predicted octanol–water partition coefficient (Wildman–Crippen LogP) is 2.76. The number of ether oxygens (including phenoxy) is 2. The van der Waals surface area contributed by atoms with Crippen LogP contribution in [0.25, 0.3) is 0 Å². The SMILES string of the molecule is O=C1/C=C/C(=O)OC(C(F)(F)F)CCC(=O)/C=C/C(=O)OC(C(F)(F)F)CC1. The summed E-state index contributed by atoms with van der Waals surface area (Å²) in [6.45, 7) is 0. The van der Waals surface area contributed by atoms with Gasteiger partial charge < -0.3 is 9.47 Å². The van der Waals surface area contributed by atoms with E-state index < -0.39 is 73.7 Å². The van der Waals surface area contributed by atoms with Crippen molar-refractivity contribution in [2.24, 2.45) is 0 Å². The van der Waals surface area contributed by atoms with E-state index in [1.807, 2.05) is 0 Å². The van der Waals surface area contributed by atoms with Crippen LogP contribution < -0.4 is 0 Å². The fraction of sp³-hybridized carbons (Fsp3) is 0.500. The third-order valence-corrected chi connectivity index (χ3v) is 3.36. The van der Waals surface area contributed by atoms with Crippen molar-refractivity contribution in [3.8, 4) is 0 Å². The van der Waals surface area contributed by atoms with Crippen molar-refractivity contribution in [3.63, 3.8) is 0 Å². The number of ketones is 2. The number of cyclic esters (lactones) is 2. The van der Waals surface area contributed by atoms with E-state index in [-0.39, 0.29) is 0 Å². The molecule has 0 N–H and O–H groups in total. The quantitative estimate of drug-likeness (QED) is 0.446. The molecule has 1 aliphatic heterocycles. The largest absolute Gasteiger partial charge is 0.450 e. The van der Waals surface area contributed by atoms with Crippen molar-refractivity contribution in [1.29, 1.82) is 0 Å². The average Bonchev–Trinajstić information content (AvgIpc) is 2.55. The Kier molecular flexibility index (Phi) is 7.94. The Morgan fingerprint density at radius 2 is 0.964 bits per heavy atom. The van der Waals surface area contributed by atoms with Gasteiger partial charge in [0.25, 0.3) is 0 Å².